The molecule has 0 bridgehead atoms. The molecule has 1 aliphatic heterocycles. The zero-order valence-corrected chi connectivity index (χ0v) is 50.8. The van der Waals surface area contributed by atoms with Crippen molar-refractivity contribution in [1.82, 2.24) is 0 Å². The number of ether oxygens (including phenoxy) is 2. The van der Waals surface area contributed by atoms with E-state index in [0.29, 0.717) is 23.7 Å². The van der Waals surface area contributed by atoms with Crippen molar-refractivity contribution >= 4 is 0 Å². The number of hydrogen-bond donors (Lipinski definition) is 2. The first-order valence-corrected chi connectivity index (χ1v) is 33.7. The predicted octanol–water partition coefficient (Wildman–Crippen LogP) is 20.8. The van der Waals surface area contributed by atoms with E-state index < -0.39 is 29.2 Å². The first kappa shape index (κ1) is 60.3. The van der Waals surface area contributed by atoms with Crippen LogP contribution in [-0.2, 0) is 20.7 Å². The minimum atomic E-state index is -1.66. The van der Waals surface area contributed by atoms with Crippen molar-refractivity contribution in [3.05, 3.63) is 142 Å². The van der Waals surface area contributed by atoms with Crippen LogP contribution in [0, 0.1) is 23.7 Å². The van der Waals surface area contributed by atoms with Gasteiger partial charge in [0.1, 0.15) is 23.4 Å². The lowest BCUT2D eigenvalue weighted by atomic mass is 9.70. The van der Waals surface area contributed by atoms with E-state index in [9.17, 15) is 10.2 Å². The molecular formula is C75H110O4. The van der Waals surface area contributed by atoms with Crippen molar-refractivity contribution < 1.29 is 19.7 Å². The fourth-order valence-electron chi connectivity index (χ4n) is 16.3. The van der Waals surface area contributed by atoms with E-state index in [2.05, 4.69) is 125 Å². The zero-order chi connectivity index (χ0) is 55.2. The van der Waals surface area contributed by atoms with Crippen LogP contribution in [0.1, 0.15) is 315 Å². The third kappa shape index (κ3) is 14.9. The fraction of sp³-hybridized carbons (Fsp3) is 0.680. The van der Waals surface area contributed by atoms with Gasteiger partial charge < -0.3 is 19.7 Å². The molecule has 4 heteroatoms. The summed E-state index contributed by atoms with van der Waals surface area (Å²) in [5.41, 5.74) is 5.27. The summed E-state index contributed by atoms with van der Waals surface area (Å²) in [5.74, 6) is 4.41. The number of benzene rings is 4. The molecule has 0 radical (unpaired) electrons. The van der Waals surface area contributed by atoms with Gasteiger partial charge in [-0.2, -0.15) is 0 Å². The van der Waals surface area contributed by atoms with E-state index in [0.717, 1.165) is 45.9 Å². The molecule has 4 aromatic carbocycles. The molecule has 0 aromatic heterocycles. The van der Waals surface area contributed by atoms with Crippen molar-refractivity contribution in [1.29, 1.82) is 0 Å². The van der Waals surface area contributed by atoms with Crippen LogP contribution in [0.4, 0.5) is 0 Å². The van der Waals surface area contributed by atoms with Crippen molar-refractivity contribution in [2.24, 2.45) is 23.7 Å². The lowest BCUT2D eigenvalue weighted by molar-refractivity contribution is -0.172. The molecule has 0 amide bonds. The van der Waals surface area contributed by atoms with Gasteiger partial charge in [0, 0.05) is 0 Å². The normalized spacial score (nSPS) is 27.7. The Bertz CT molecular complexity index is 2040. The summed E-state index contributed by atoms with van der Waals surface area (Å²) in [6.45, 7) is 13.2. The zero-order valence-electron chi connectivity index (χ0n) is 50.8. The van der Waals surface area contributed by atoms with Gasteiger partial charge in [-0.3, -0.25) is 0 Å². The molecule has 0 spiro atoms. The molecule has 2 atom stereocenters. The minimum absolute atomic E-state index is 0.529. The SMILES string of the molecule is CCCCC[C@H]1CC[C@H](c2ccc(C(O)(c3ccc([C@H]4CC[C@H](CCCCC)CC4)cc3)[C@@H]3OC(C)(C)O[C@H]3C(O)(c3ccc([C@H]4CC[C@H](CCCCC)CC4)cc3)c3ccc([C@H]4CC[C@H](CCCCC)CC4)cc3)cc2)CC1. The topological polar surface area (TPSA) is 58.9 Å². The van der Waals surface area contributed by atoms with Crippen LogP contribution in [0.2, 0.25) is 0 Å². The average molecular weight is 1080 g/mol. The van der Waals surface area contributed by atoms with Crippen LogP contribution in [-0.4, -0.2) is 28.2 Å². The van der Waals surface area contributed by atoms with Gasteiger partial charge in [-0.15, -0.1) is 0 Å². The fourth-order valence-corrected chi connectivity index (χ4v) is 16.3. The Morgan fingerprint density at radius 2 is 0.532 bits per heavy atom. The van der Waals surface area contributed by atoms with Gasteiger partial charge in [-0.1, -0.05) is 227 Å². The maximum Gasteiger partial charge on any atom is 0.164 e. The molecule has 5 aliphatic rings. The summed E-state index contributed by atoms with van der Waals surface area (Å²) >= 11 is 0. The Morgan fingerprint density at radius 1 is 0.329 bits per heavy atom. The number of rotatable bonds is 26. The molecule has 1 heterocycles. The largest absolute Gasteiger partial charge is 0.378 e. The molecule has 1 saturated heterocycles. The first-order valence-electron chi connectivity index (χ1n) is 33.7. The van der Waals surface area contributed by atoms with Gasteiger partial charge in [0.05, 0.1) is 0 Å². The maximum atomic E-state index is 14.3. The highest BCUT2D eigenvalue weighted by molar-refractivity contribution is 5.46. The predicted molar refractivity (Wildman–Crippen MR) is 331 cm³/mol. The number of aliphatic hydroxyl groups is 2. The summed E-state index contributed by atoms with van der Waals surface area (Å²) < 4.78 is 14.4. The van der Waals surface area contributed by atoms with E-state index in [1.165, 1.54) is 228 Å². The molecular weight excluding hydrogens is 965 g/mol. The first-order chi connectivity index (χ1) is 38.4. The summed E-state index contributed by atoms with van der Waals surface area (Å²) in [6.07, 6.45) is 39.7. The van der Waals surface area contributed by atoms with Crippen LogP contribution >= 0.6 is 0 Å². The Hall–Kier alpha value is -3.28. The molecule has 5 fully saturated rings. The maximum absolute atomic E-state index is 14.3. The second kappa shape index (κ2) is 28.8. The molecule has 4 aliphatic carbocycles. The average Bonchev–Trinajstić information content (AvgIpc) is 4.10. The highest BCUT2D eigenvalue weighted by atomic mass is 16.8. The standard InChI is InChI=1S/C75H110O4/c1-7-11-15-19-55-23-31-59(32-24-55)63-39-47-67(48-40-63)74(76,68-49-41-64(42-50-68)60-33-25-56(26-34-60)20-16-12-8-2)71-72(79-73(5,6)78-71)75(77,69-51-43-65(44-52-69)61-35-27-57(28-36-61)21-17-13-9-3)70-53-45-66(46-54-70)62-37-29-58(30-38-62)22-18-14-10-4/h39-62,71-72,76-77H,7-38H2,1-6H3/t55-,56-,57-,58-,59-,60-,61-,62-,71-,72-/m1/s1. The molecule has 0 unspecified atom stereocenters. The lowest BCUT2D eigenvalue weighted by Gasteiger charge is -2.43. The minimum Gasteiger partial charge on any atom is -0.378 e. The van der Waals surface area contributed by atoms with E-state index in [1.54, 1.807) is 0 Å². The smallest absolute Gasteiger partial charge is 0.164 e. The van der Waals surface area contributed by atoms with Gasteiger partial charge in [-0.05, 0) is 208 Å². The number of hydrogen-bond acceptors (Lipinski definition) is 4. The number of unbranched alkanes of at least 4 members (excludes halogenated alkanes) is 8. The second-order valence-electron chi connectivity index (χ2n) is 27.4. The van der Waals surface area contributed by atoms with Crippen LogP contribution in [0.15, 0.2) is 97.1 Å². The van der Waals surface area contributed by atoms with Crippen molar-refractivity contribution in [2.45, 2.75) is 300 Å². The van der Waals surface area contributed by atoms with Crippen LogP contribution < -0.4 is 0 Å². The molecule has 4 nitrogen and oxygen atoms in total. The van der Waals surface area contributed by atoms with Crippen molar-refractivity contribution in [2.75, 3.05) is 0 Å². The van der Waals surface area contributed by atoms with Gasteiger partial charge in [-0.25, -0.2) is 0 Å². The van der Waals surface area contributed by atoms with Gasteiger partial charge in [0.25, 0.3) is 0 Å². The van der Waals surface area contributed by atoms with Crippen LogP contribution in [0.5, 0.6) is 0 Å². The van der Waals surface area contributed by atoms with Crippen molar-refractivity contribution in [3.63, 3.8) is 0 Å². The van der Waals surface area contributed by atoms with Gasteiger partial charge in [0.15, 0.2) is 5.79 Å². The summed E-state index contributed by atoms with van der Waals surface area (Å²) in [6, 6.07) is 35.8. The van der Waals surface area contributed by atoms with Crippen LogP contribution in [0.3, 0.4) is 0 Å². The van der Waals surface area contributed by atoms with Gasteiger partial charge in [0.2, 0.25) is 0 Å². The van der Waals surface area contributed by atoms with E-state index in [-0.39, 0.29) is 0 Å². The second-order valence-corrected chi connectivity index (χ2v) is 27.4. The quantitative estimate of drug-likeness (QED) is 0.0615. The Labute approximate surface area is 482 Å². The third-order valence-electron chi connectivity index (χ3n) is 21.5. The molecule has 434 valence electrons. The third-order valence-corrected chi connectivity index (χ3v) is 21.5. The van der Waals surface area contributed by atoms with E-state index >= 15 is 0 Å². The monoisotopic (exact) mass is 1070 g/mol. The van der Waals surface area contributed by atoms with E-state index in [1.807, 2.05) is 13.8 Å². The molecule has 4 aromatic rings. The molecule has 2 N–H and O–H groups in total. The summed E-state index contributed by atoms with van der Waals surface area (Å²) in [4.78, 5) is 0. The Morgan fingerprint density at radius 3 is 0.722 bits per heavy atom. The summed E-state index contributed by atoms with van der Waals surface area (Å²) in [5, 5.41) is 28.6. The summed E-state index contributed by atoms with van der Waals surface area (Å²) in [7, 11) is 0. The Balaban J connectivity index is 1.06. The molecule has 4 saturated carbocycles. The van der Waals surface area contributed by atoms with E-state index in [4.69, 9.17) is 9.47 Å². The highest BCUT2D eigenvalue weighted by Crippen LogP contribution is 2.52. The lowest BCUT2D eigenvalue weighted by Crippen LogP contribution is -2.55. The van der Waals surface area contributed by atoms with Crippen molar-refractivity contribution in [3.8, 4) is 0 Å². The van der Waals surface area contributed by atoms with Gasteiger partial charge >= 0.3 is 0 Å². The Kier molecular flexibility index (Phi) is 22.0. The molecule has 9 rings (SSSR count). The highest BCUT2D eigenvalue weighted by Gasteiger charge is 2.61. The van der Waals surface area contributed by atoms with Crippen LogP contribution in [0.25, 0.3) is 0 Å². The molecule has 79 heavy (non-hydrogen) atoms.